The average Bonchev–Trinajstić information content (AvgIpc) is 2.70. The van der Waals surface area contributed by atoms with Crippen LogP contribution >= 0.6 is 24.8 Å². The largest absolute Gasteiger partial charge is 0.480 e. The molecule has 0 aromatic carbocycles. The van der Waals surface area contributed by atoms with Gasteiger partial charge in [-0.1, -0.05) is 6.92 Å². The molecule has 164 valence electrons. The summed E-state index contributed by atoms with van der Waals surface area (Å²) in [5.74, 6) is -0.712. The van der Waals surface area contributed by atoms with Gasteiger partial charge in [-0.05, 0) is 44.2 Å². The first-order chi connectivity index (χ1) is 12.9. The van der Waals surface area contributed by atoms with Crippen molar-refractivity contribution in [2.75, 3.05) is 31.1 Å². The lowest BCUT2D eigenvalue weighted by Gasteiger charge is -2.51. The Morgan fingerprint density at radius 3 is 2.10 bits per heavy atom. The summed E-state index contributed by atoms with van der Waals surface area (Å²) < 4.78 is 0. The average molecular weight is 447 g/mol. The molecule has 0 bridgehead atoms. The Bertz CT molecular complexity index is 674. The van der Waals surface area contributed by atoms with Crippen molar-refractivity contribution in [2.45, 2.75) is 56.5 Å². The Morgan fingerprint density at radius 2 is 1.62 bits per heavy atom. The Kier molecular flexibility index (Phi) is 9.34. The fourth-order valence-corrected chi connectivity index (χ4v) is 4.50. The minimum absolute atomic E-state index is 0. The van der Waals surface area contributed by atoms with E-state index in [1.165, 1.54) is 0 Å². The SMILES string of the molecule is CCCC(=O)C1(N2CCN(c3ccncc3)CC2)CCC(N)(C(=O)O)CC1.Cl.Cl. The number of anilines is 1. The summed E-state index contributed by atoms with van der Waals surface area (Å²) in [5.41, 5.74) is 5.47. The van der Waals surface area contributed by atoms with Crippen molar-refractivity contribution in [3.8, 4) is 0 Å². The topological polar surface area (TPSA) is 99.8 Å². The predicted molar refractivity (Wildman–Crippen MR) is 118 cm³/mol. The normalized spacial score (nSPS) is 27.4. The molecule has 7 nitrogen and oxygen atoms in total. The molecule has 3 N–H and O–H groups in total. The van der Waals surface area contributed by atoms with Gasteiger partial charge in [-0.25, -0.2) is 0 Å². The molecule has 29 heavy (non-hydrogen) atoms. The molecule has 1 aliphatic heterocycles. The molecule has 1 saturated heterocycles. The van der Waals surface area contributed by atoms with Crippen molar-refractivity contribution >= 4 is 42.3 Å². The third kappa shape index (κ3) is 5.20. The van der Waals surface area contributed by atoms with Crippen LogP contribution < -0.4 is 10.6 Å². The van der Waals surface area contributed by atoms with Crippen molar-refractivity contribution in [2.24, 2.45) is 5.73 Å². The number of carbonyl (C=O) groups is 2. The Labute approximate surface area is 184 Å². The van der Waals surface area contributed by atoms with E-state index in [-0.39, 0.29) is 30.6 Å². The number of nitrogens with zero attached hydrogens (tertiary/aromatic N) is 3. The molecular weight excluding hydrogens is 415 g/mol. The smallest absolute Gasteiger partial charge is 0.323 e. The van der Waals surface area contributed by atoms with Gasteiger partial charge in [0.2, 0.25) is 0 Å². The second-order valence-electron chi connectivity index (χ2n) is 7.85. The molecule has 2 aliphatic rings. The fraction of sp³-hybridized carbons (Fsp3) is 0.650. The van der Waals surface area contributed by atoms with Gasteiger partial charge < -0.3 is 15.7 Å². The summed E-state index contributed by atoms with van der Waals surface area (Å²) in [6.45, 7) is 5.29. The number of halogens is 2. The predicted octanol–water partition coefficient (Wildman–Crippen LogP) is 2.51. The second kappa shape index (κ2) is 10.6. The Balaban J connectivity index is 0.00000210. The van der Waals surface area contributed by atoms with Crippen LogP contribution in [0.2, 0.25) is 0 Å². The lowest BCUT2D eigenvalue weighted by atomic mass is 9.69. The summed E-state index contributed by atoms with van der Waals surface area (Å²) >= 11 is 0. The van der Waals surface area contributed by atoms with Crippen LogP contribution in [0.1, 0.15) is 45.4 Å². The maximum Gasteiger partial charge on any atom is 0.323 e. The third-order valence-electron chi connectivity index (χ3n) is 6.30. The number of rotatable bonds is 6. The van der Waals surface area contributed by atoms with Crippen molar-refractivity contribution in [3.05, 3.63) is 24.5 Å². The van der Waals surface area contributed by atoms with Gasteiger partial charge in [-0.15, -0.1) is 24.8 Å². The van der Waals surface area contributed by atoms with E-state index in [1.807, 2.05) is 19.1 Å². The van der Waals surface area contributed by atoms with Crippen LogP contribution in [-0.2, 0) is 9.59 Å². The summed E-state index contributed by atoms with van der Waals surface area (Å²) in [5, 5.41) is 9.45. The van der Waals surface area contributed by atoms with Crippen LogP contribution in [0.15, 0.2) is 24.5 Å². The number of pyridine rings is 1. The number of nitrogens with two attached hydrogens (primary N) is 1. The van der Waals surface area contributed by atoms with Crippen LogP contribution in [0.4, 0.5) is 5.69 Å². The quantitative estimate of drug-likeness (QED) is 0.691. The number of carboxylic acids is 1. The summed E-state index contributed by atoms with van der Waals surface area (Å²) in [7, 11) is 0. The minimum Gasteiger partial charge on any atom is -0.480 e. The number of hydrogen-bond donors (Lipinski definition) is 2. The highest BCUT2D eigenvalue weighted by molar-refractivity contribution is 5.89. The first-order valence-corrected chi connectivity index (χ1v) is 9.87. The van der Waals surface area contributed by atoms with Gasteiger partial charge in [0.1, 0.15) is 5.54 Å². The highest BCUT2D eigenvalue weighted by Gasteiger charge is 2.51. The molecule has 0 unspecified atom stereocenters. The Hall–Kier alpha value is -1.41. The van der Waals surface area contributed by atoms with Gasteiger partial charge in [-0.3, -0.25) is 19.5 Å². The van der Waals surface area contributed by atoms with Gasteiger partial charge in [0.05, 0.1) is 5.54 Å². The Morgan fingerprint density at radius 1 is 1.07 bits per heavy atom. The van der Waals surface area contributed by atoms with Crippen LogP contribution in [-0.4, -0.2) is 64.0 Å². The fourth-order valence-electron chi connectivity index (χ4n) is 4.50. The summed E-state index contributed by atoms with van der Waals surface area (Å²) in [6, 6.07) is 4.01. The first-order valence-electron chi connectivity index (χ1n) is 9.87. The van der Waals surface area contributed by atoms with Gasteiger partial charge in [0, 0.05) is 50.7 Å². The monoisotopic (exact) mass is 446 g/mol. The van der Waals surface area contributed by atoms with Gasteiger partial charge in [-0.2, -0.15) is 0 Å². The molecule has 1 aromatic rings. The van der Waals surface area contributed by atoms with Crippen molar-refractivity contribution in [1.82, 2.24) is 9.88 Å². The maximum atomic E-state index is 13.1. The summed E-state index contributed by atoms with van der Waals surface area (Å²) in [4.78, 5) is 33.3. The number of Topliss-reactive ketones (excluding diaryl/α,β-unsaturated/α-hetero) is 1. The first kappa shape index (κ1) is 25.6. The van der Waals surface area contributed by atoms with Crippen LogP contribution in [0, 0.1) is 0 Å². The lowest BCUT2D eigenvalue weighted by molar-refractivity contribution is -0.149. The molecular formula is C20H32Cl2N4O3. The number of aliphatic carboxylic acids is 1. The zero-order chi connectivity index (χ0) is 19.5. The zero-order valence-electron chi connectivity index (χ0n) is 16.9. The van der Waals surface area contributed by atoms with Crippen LogP contribution in [0.5, 0.6) is 0 Å². The second-order valence-corrected chi connectivity index (χ2v) is 7.85. The van der Waals surface area contributed by atoms with Gasteiger partial charge in [0.15, 0.2) is 5.78 Å². The van der Waals surface area contributed by atoms with E-state index in [4.69, 9.17) is 5.73 Å². The standard InChI is InChI=1S/C20H30N4O3.2ClH/c1-2-3-17(25)20(8-6-19(21,7-9-20)18(26)27)24-14-12-23(13-15-24)16-4-10-22-11-5-16;;/h4-5,10-11H,2-3,6-9,12-15,21H2,1H3,(H,26,27);2*1H. The number of ketones is 1. The molecule has 1 aromatic heterocycles. The molecule has 3 rings (SSSR count). The van der Waals surface area contributed by atoms with Crippen molar-refractivity contribution < 1.29 is 14.7 Å². The molecule has 0 amide bonds. The van der Waals surface area contributed by atoms with Gasteiger partial charge >= 0.3 is 5.97 Å². The highest BCUT2D eigenvalue weighted by Crippen LogP contribution is 2.40. The van der Waals surface area contributed by atoms with E-state index in [1.54, 1.807) is 12.4 Å². The molecule has 0 spiro atoms. The van der Waals surface area contributed by atoms with E-state index in [9.17, 15) is 14.7 Å². The van der Waals surface area contributed by atoms with E-state index in [0.717, 1.165) is 38.3 Å². The molecule has 1 saturated carbocycles. The number of carboxylic acid groups (broad SMARTS) is 1. The third-order valence-corrected chi connectivity index (χ3v) is 6.30. The number of carbonyl (C=O) groups excluding carboxylic acids is 1. The van der Waals surface area contributed by atoms with E-state index >= 15 is 0 Å². The van der Waals surface area contributed by atoms with E-state index in [0.29, 0.717) is 32.1 Å². The molecule has 0 atom stereocenters. The molecule has 2 fully saturated rings. The van der Waals surface area contributed by atoms with Crippen LogP contribution in [0.3, 0.4) is 0 Å². The molecule has 0 radical (unpaired) electrons. The highest BCUT2D eigenvalue weighted by atomic mass is 35.5. The van der Waals surface area contributed by atoms with Crippen molar-refractivity contribution in [1.29, 1.82) is 0 Å². The van der Waals surface area contributed by atoms with E-state index in [2.05, 4.69) is 14.8 Å². The van der Waals surface area contributed by atoms with E-state index < -0.39 is 17.0 Å². The zero-order valence-corrected chi connectivity index (χ0v) is 18.5. The lowest BCUT2D eigenvalue weighted by Crippen LogP contribution is -2.65. The maximum absolute atomic E-state index is 13.1. The minimum atomic E-state index is -1.20. The summed E-state index contributed by atoms with van der Waals surface area (Å²) in [6.07, 6.45) is 6.70. The van der Waals surface area contributed by atoms with Gasteiger partial charge in [0.25, 0.3) is 0 Å². The molecule has 9 heteroatoms. The molecule has 1 aliphatic carbocycles. The number of piperazine rings is 1. The van der Waals surface area contributed by atoms with Crippen LogP contribution in [0.25, 0.3) is 0 Å². The molecule has 2 heterocycles. The number of hydrogen-bond acceptors (Lipinski definition) is 6. The van der Waals surface area contributed by atoms with Crippen molar-refractivity contribution in [3.63, 3.8) is 0 Å². The number of aromatic nitrogens is 1.